The van der Waals surface area contributed by atoms with Crippen LogP contribution < -0.4 is 5.32 Å². The first kappa shape index (κ1) is 15.0. The number of hydrogen-bond acceptors (Lipinski definition) is 5. The number of nitrogens with one attached hydrogen (secondary N) is 1. The van der Waals surface area contributed by atoms with E-state index in [9.17, 15) is 4.79 Å². The minimum absolute atomic E-state index is 0.0670. The molecule has 110 valence electrons. The highest BCUT2D eigenvalue weighted by atomic mass is 35.5. The minimum atomic E-state index is -1.05. The van der Waals surface area contributed by atoms with Crippen LogP contribution in [0.3, 0.4) is 0 Å². The van der Waals surface area contributed by atoms with Crippen molar-refractivity contribution in [3.8, 4) is 0 Å². The summed E-state index contributed by atoms with van der Waals surface area (Å²) in [7, 11) is 0. The number of hydrogen-bond donors (Lipinski definition) is 2. The van der Waals surface area contributed by atoms with Gasteiger partial charge in [0, 0.05) is 25.8 Å². The van der Waals surface area contributed by atoms with Crippen LogP contribution in [-0.4, -0.2) is 60.4 Å². The van der Waals surface area contributed by atoms with Gasteiger partial charge in [-0.3, -0.25) is 4.90 Å². The molecule has 0 saturated carbocycles. The molecule has 1 aromatic heterocycles. The molecule has 1 aliphatic heterocycles. The van der Waals surface area contributed by atoms with Gasteiger partial charge >= 0.3 is 5.97 Å². The Hall–Kier alpha value is -1.37. The van der Waals surface area contributed by atoms with Crippen molar-refractivity contribution in [3.63, 3.8) is 0 Å². The van der Waals surface area contributed by atoms with Gasteiger partial charge in [0.25, 0.3) is 0 Å². The molecule has 0 radical (unpaired) electrons. The largest absolute Gasteiger partial charge is 0.478 e. The summed E-state index contributed by atoms with van der Waals surface area (Å²) in [6.45, 7) is 5.29. The quantitative estimate of drug-likeness (QED) is 0.777. The zero-order chi connectivity index (χ0) is 14.4. The zero-order valence-electron chi connectivity index (χ0n) is 11.1. The van der Waals surface area contributed by atoms with E-state index in [0.29, 0.717) is 5.82 Å². The molecule has 2 heterocycles. The summed E-state index contributed by atoms with van der Waals surface area (Å²) in [5.74, 6) is -0.512. The van der Waals surface area contributed by atoms with Crippen molar-refractivity contribution in [3.05, 3.63) is 22.8 Å². The molecular formula is C13H18ClN3O3. The van der Waals surface area contributed by atoms with Crippen LogP contribution in [0, 0.1) is 0 Å². The number of aromatic nitrogens is 1. The van der Waals surface area contributed by atoms with Crippen LogP contribution in [0.2, 0.25) is 5.02 Å². The first-order chi connectivity index (χ1) is 9.66. The Bertz CT molecular complexity index is 464. The van der Waals surface area contributed by atoms with Gasteiger partial charge in [0.15, 0.2) is 0 Å². The summed E-state index contributed by atoms with van der Waals surface area (Å²) < 4.78 is 5.29. The molecule has 0 bridgehead atoms. The highest BCUT2D eigenvalue weighted by Crippen LogP contribution is 2.17. The van der Waals surface area contributed by atoms with Crippen LogP contribution in [0.5, 0.6) is 0 Å². The summed E-state index contributed by atoms with van der Waals surface area (Å²) in [5.41, 5.74) is 0.0670. The number of carbonyl (C=O) groups is 1. The summed E-state index contributed by atoms with van der Waals surface area (Å²) >= 11 is 5.76. The second-order valence-electron chi connectivity index (χ2n) is 4.59. The van der Waals surface area contributed by atoms with Gasteiger partial charge in [0.2, 0.25) is 0 Å². The van der Waals surface area contributed by atoms with Crippen LogP contribution in [0.4, 0.5) is 5.82 Å². The lowest BCUT2D eigenvalue weighted by Gasteiger charge is -2.26. The number of ether oxygens (including phenoxy) is 1. The summed E-state index contributed by atoms with van der Waals surface area (Å²) in [5, 5.41) is 12.2. The maximum Gasteiger partial charge on any atom is 0.337 e. The van der Waals surface area contributed by atoms with Gasteiger partial charge in [-0.25, -0.2) is 9.78 Å². The fourth-order valence-corrected chi connectivity index (χ4v) is 2.23. The van der Waals surface area contributed by atoms with Gasteiger partial charge in [-0.1, -0.05) is 11.6 Å². The monoisotopic (exact) mass is 299 g/mol. The Morgan fingerprint density at radius 2 is 2.25 bits per heavy atom. The average Bonchev–Trinajstić information content (AvgIpc) is 2.46. The predicted molar refractivity (Wildman–Crippen MR) is 76.6 cm³/mol. The van der Waals surface area contributed by atoms with Crippen LogP contribution in [-0.2, 0) is 4.74 Å². The van der Waals surface area contributed by atoms with Gasteiger partial charge in [-0.2, -0.15) is 0 Å². The number of halogens is 1. The van der Waals surface area contributed by atoms with E-state index in [2.05, 4.69) is 15.2 Å². The van der Waals surface area contributed by atoms with Crippen LogP contribution >= 0.6 is 11.6 Å². The third kappa shape index (κ3) is 4.33. The molecule has 1 fully saturated rings. The Morgan fingerprint density at radius 3 is 2.95 bits per heavy atom. The van der Waals surface area contributed by atoms with Crippen molar-refractivity contribution in [2.24, 2.45) is 0 Å². The molecule has 7 heteroatoms. The van der Waals surface area contributed by atoms with Crippen molar-refractivity contribution in [1.82, 2.24) is 9.88 Å². The molecule has 20 heavy (non-hydrogen) atoms. The molecule has 2 rings (SSSR count). The lowest BCUT2D eigenvalue weighted by Crippen LogP contribution is -2.37. The van der Waals surface area contributed by atoms with Gasteiger partial charge in [0.1, 0.15) is 5.82 Å². The molecule has 1 saturated heterocycles. The normalized spacial score (nSPS) is 16.1. The van der Waals surface area contributed by atoms with E-state index in [1.54, 1.807) is 0 Å². The summed E-state index contributed by atoms with van der Waals surface area (Å²) in [6, 6.07) is 1.46. The fraction of sp³-hybridized carbons (Fsp3) is 0.538. The molecule has 0 unspecified atom stereocenters. The molecule has 0 aromatic carbocycles. The van der Waals surface area contributed by atoms with Gasteiger partial charge in [-0.05, 0) is 19.0 Å². The van der Waals surface area contributed by atoms with E-state index in [0.717, 1.165) is 45.8 Å². The highest BCUT2D eigenvalue weighted by Gasteiger charge is 2.11. The lowest BCUT2D eigenvalue weighted by molar-refractivity contribution is 0.0378. The van der Waals surface area contributed by atoms with Crippen molar-refractivity contribution < 1.29 is 14.6 Å². The third-order valence-electron chi connectivity index (χ3n) is 3.15. The zero-order valence-corrected chi connectivity index (χ0v) is 11.9. The predicted octanol–water partition coefficient (Wildman–Crippen LogP) is 1.57. The maximum atomic E-state index is 11.0. The summed E-state index contributed by atoms with van der Waals surface area (Å²) in [4.78, 5) is 17.4. The Balaban J connectivity index is 1.76. The number of carboxylic acid groups (broad SMARTS) is 1. The summed E-state index contributed by atoms with van der Waals surface area (Å²) in [6.07, 6.45) is 2.32. The third-order valence-corrected chi connectivity index (χ3v) is 3.45. The molecule has 0 aliphatic carbocycles. The van der Waals surface area contributed by atoms with E-state index < -0.39 is 5.97 Å². The van der Waals surface area contributed by atoms with Crippen LogP contribution in [0.15, 0.2) is 12.3 Å². The Kier molecular flexibility index (Phi) is 5.58. The second kappa shape index (κ2) is 7.42. The van der Waals surface area contributed by atoms with E-state index in [1.165, 1.54) is 12.3 Å². The first-order valence-corrected chi connectivity index (χ1v) is 6.97. The Labute approximate surface area is 122 Å². The van der Waals surface area contributed by atoms with Crippen molar-refractivity contribution >= 4 is 23.4 Å². The number of pyridine rings is 1. The highest BCUT2D eigenvalue weighted by molar-refractivity contribution is 6.33. The van der Waals surface area contributed by atoms with E-state index >= 15 is 0 Å². The lowest BCUT2D eigenvalue weighted by atomic mass is 10.2. The molecule has 0 amide bonds. The number of anilines is 1. The molecule has 1 aliphatic rings. The minimum Gasteiger partial charge on any atom is -0.478 e. The van der Waals surface area contributed by atoms with E-state index in [1.807, 2.05) is 0 Å². The molecule has 2 N–H and O–H groups in total. The fourth-order valence-electron chi connectivity index (χ4n) is 2.04. The average molecular weight is 300 g/mol. The van der Waals surface area contributed by atoms with Crippen LogP contribution in [0.25, 0.3) is 0 Å². The number of carboxylic acids is 1. The Morgan fingerprint density at radius 1 is 1.50 bits per heavy atom. The SMILES string of the molecule is O=C(O)c1cc(NCCCN2CCOCC2)ncc1Cl. The number of morpholine rings is 1. The standard InChI is InChI=1S/C13H18ClN3O3/c14-11-9-16-12(8-10(11)13(18)19)15-2-1-3-17-4-6-20-7-5-17/h8-9H,1-7H2,(H,15,16)(H,18,19). The van der Waals surface area contributed by atoms with E-state index in [-0.39, 0.29) is 10.6 Å². The van der Waals surface area contributed by atoms with Crippen molar-refractivity contribution in [2.75, 3.05) is 44.7 Å². The number of rotatable bonds is 6. The van der Waals surface area contributed by atoms with Gasteiger partial charge in [-0.15, -0.1) is 0 Å². The smallest absolute Gasteiger partial charge is 0.337 e. The topological polar surface area (TPSA) is 74.7 Å². The molecule has 0 spiro atoms. The molecular weight excluding hydrogens is 282 g/mol. The second-order valence-corrected chi connectivity index (χ2v) is 5.00. The van der Waals surface area contributed by atoms with Crippen LogP contribution in [0.1, 0.15) is 16.8 Å². The number of aromatic carboxylic acids is 1. The van der Waals surface area contributed by atoms with Crippen molar-refractivity contribution in [2.45, 2.75) is 6.42 Å². The molecule has 6 nitrogen and oxygen atoms in total. The van der Waals surface area contributed by atoms with Crippen molar-refractivity contribution in [1.29, 1.82) is 0 Å². The molecule has 0 atom stereocenters. The molecule has 1 aromatic rings. The number of nitrogens with zero attached hydrogens (tertiary/aromatic N) is 2. The van der Waals surface area contributed by atoms with Gasteiger partial charge in [0.05, 0.1) is 23.8 Å². The maximum absolute atomic E-state index is 11.0. The first-order valence-electron chi connectivity index (χ1n) is 6.59. The van der Waals surface area contributed by atoms with E-state index in [4.69, 9.17) is 21.4 Å². The van der Waals surface area contributed by atoms with Gasteiger partial charge < -0.3 is 15.2 Å².